The van der Waals surface area contributed by atoms with Crippen molar-refractivity contribution >= 4 is 27.1 Å². The number of fused-ring (bicyclic) bond motifs is 1. The summed E-state index contributed by atoms with van der Waals surface area (Å²) in [5.74, 6) is -0.0526. The second-order valence-corrected chi connectivity index (χ2v) is 8.74. The van der Waals surface area contributed by atoms with Crippen LogP contribution in [0.5, 0.6) is 0 Å². The Balaban J connectivity index is 1.60. The van der Waals surface area contributed by atoms with Crippen molar-refractivity contribution in [3.05, 3.63) is 41.6 Å². The van der Waals surface area contributed by atoms with Gasteiger partial charge in [-0.3, -0.25) is 4.79 Å². The fraction of sp³-hybridized carbons (Fsp3) is 0.412. The molecule has 0 aliphatic carbocycles. The van der Waals surface area contributed by atoms with Crippen LogP contribution >= 0.6 is 0 Å². The van der Waals surface area contributed by atoms with Gasteiger partial charge in [-0.1, -0.05) is 18.2 Å². The average molecular weight is 345 g/mol. The molecule has 3 heterocycles. The van der Waals surface area contributed by atoms with Crippen LogP contribution in [0.1, 0.15) is 18.9 Å². The van der Waals surface area contributed by atoms with Crippen molar-refractivity contribution < 1.29 is 13.2 Å². The number of amides is 1. The van der Waals surface area contributed by atoms with Gasteiger partial charge in [-0.15, -0.1) is 0 Å². The molecule has 0 radical (unpaired) electrons. The average Bonchev–Trinajstić information content (AvgIpc) is 3.19. The number of benzene rings is 1. The fourth-order valence-corrected chi connectivity index (χ4v) is 5.25. The number of carbonyl (C=O) groups is 1. The van der Waals surface area contributed by atoms with Crippen LogP contribution in [0.3, 0.4) is 0 Å². The molecule has 0 spiro atoms. The lowest BCUT2D eigenvalue weighted by molar-refractivity contribution is -0.127. The van der Waals surface area contributed by atoms with Crippen LogP contribution in [0, 0.1) is 0 Å². The first-order chi connectivity index (χ1) is 11.4. The van der Waals surface area contributed by atoms with Crippen LogP contribution < -0.4 is 4.90 Å². The zero-order valence-electron chi connectivity index (χ0n) is 13.5. The van der Waals surface area contributed by atoms with Gasteiger partial charge in [0.1, 0.15) is 0 Å². The van der Waals surface area contributed by atoms with Crippen LogP contribution in [0.15, 0.2) is 41.1 Å². The third kappa shape index (κ3) is 2.53. The summed E-state index contributed by atoms with van der Waals surface area (Å²) in [6.45, 7) is 2.64. The first-order valence-corrected chi connectivity index (χ1v) is 9.93. The van der Waals surface area contributed by atoms with Gasteiger partial charge in [-0.2, -0.15) is 5.10 Å². The third-order valence-electron chi connectivity index (χ3n) is 4.85. The van der Waals surface area contributed by atoms with E-state index in [1.807, 2.05) is 24.4 Å². The first kappa shape index (κ1) is 15.4. The van der Waals surface area contributed by atoms with Gasteiger partial charge in [0.15, 0.2) is 9.84 Å². The maximum absolute atomic E-state index is 12.7. The van der Waals surface area contributed by atoms with Crippen molar-refractivity contribution in [3.63, 3.8) is 0 Å². The zero-order valence-corrected chi connectivity index (χ0v) is 14.3. The Kier molecular flexibility index (Phi) is 3.49. The lowest BCUT2D eigenvalue weighted by Gasteiger charge is -2.19. The number of carbonyl (C=O) groups excluding carboxylic acids is 1. The van der Waals surface area contributed by atoms with Crippen molar-refractivity contribution in [2.45, 2.75) is 25.8 Å². The summed E-state index contributed by atoms with van der Waals surface area (Å²) in [4.78, 5) is 14.8. The molecule has 3 aliphatic heterocycles. The number of sulfone groups is 1. The van der Waals surface area contributed by atoms with Gasteiger partial charge in [-0.25, -0.2) is 13.4 Å². The lowest BCUT2D eigenvalue weighted by atomic mass is 10.1. The van der Waals surface area contributed by atoms with Gasteiger partial charge in [-0.05, 0) is 31.4 Å². The fourth-order valence-electron chi connectivity index (χ4n) is 3.56. The van der Waals surface area contributed by atoms with E-state index >= 15 is 0 Å². The molecule has 1 atom stereocenters. The predicted molar refractivity (Wildman–Crippen MR) is 92.6 cm³/mol. The molecule has 1 aromatic carbocycles. The first-order valence-electron chi connectivity index (χ1n) is 8.10. The topological polar surface area (TPSA) is 70.0 Å². The predicted octanol–water partition coefficient (Wildman–Crippen LogP) is 1.34. The smallest absolute Gasteiger partial charge is 0.277 e. The Labute approximate surface area is 141 Å². The summed E-state index contributed by atoms with van der Waals surface area (Å²) in [6, 6.07) is 7.82. The Morgan fingerprint density at radius 1 is 1.29 bits per heavy atom. The van der Waals surface area contributed by atoms with Crippen molar-refractivity contribution in [1.82, 2.24) is 5.01 Å². The maximum Gasteiger partial charge on any atom is 0.277 e. The summed E-state index contributed by atoms with van der Waals surface area (Å²) in [6.07, 6.45) is 3.27. The van der Waals surface area contributed by atoms with Crippen LogP contribution in [0.2, 0.25) is 0 Å². The summed E-state index contributed by atoms with van der Waals surface area (Å²) >= 11 is 0. The molecular weight excluding hydrogens is 326 g/mol. The highest BCUT2D eigenvalue weighted by atomic mass is 32.2. The molecule has 1 aromatic rings. The van der Waals surface area contributed by atoms with Crippen LogP contribution in [-0.2, 0) is 21.1 Å². The Morgan fingerprint density at radius 3 is 2.83 bits per heavy atom. The van der Waals surface area contributed by atoms with E-state index in [4.69, 9.17) is 0 Å². The van der Waals surface area contributed by atoms with E-state index in [0.29, 0.717) is 17.7 Å². The van der Waals surface area contributed by atoms with Gasteiger partial charge < -0.3 is 4.90 Å². The molecule has 0 unspecified atom stereocenters. The summed E-state index contributed by atoms with van der Waals surface area (Å²) in [5, 5.41) is 5.71. The van der Waals surface area contributed by atoms with Crippen molar-refractivity contribution in [2.75, 3.05) is 23.0 Å². The summed E-state index contributed by atoms with van der Waals surface area (Å²) in [7, 11) is -3.05. The SMILES string of the molecule is CC1=NN([C@H]2CCS(=O)(=O)C2)C(=O)/C1=C/N1CCc2ccccc21. The molecule has 6 nitrogen and oxygen atoms in total. The molecule has 7 heteroatoms. The largest absolute Gasteiger partial charge is 0.347 e. The maximum atomic E-state index is 12.7. The van der Waals surface area contributed by atoms with Gasteiger partial charge in [0.05, 0.1) is 28.8 Å². The molecule has 0 aromatic heterocycles. The van der Waals surface area contributed by atoms with Crippen molar-refractivity contribution in [3.8, 4) is 0 Å². The highest BCUT2D eigenvalue weighted by Gasteiger charge is 2.39. The number of nitrogens with zero attached hydrogens (tertiary/aromatic N) is 3. The van der Waals surface area contributed by atoms with Gasteiger partial charge in [0, 0.05) is 18.4 Å². The Bertz CT molecular complexity index is 873. The monoisotopic (exact) mass is 345 g/mol. The molecule has 4 rings (SSSR count). The third-order valence-corrected chi connectivity index (χ3v) is 6.60. The molecule has 1 amide bonds. The second kappa shape index (κ2) is 5.44. The van der Waals surface area contributed by atoms with Crippen molar-refractivity contribution in [2.24, 2.45) is 5.10 Å². The van der Waals surface area contributed by atoms with Crippen molar-refractivity contribution in [1.29, 1.82) is 0 Å². The summed E-state index contributed by atoms with van der Waals surface area (Å²) in [5.41, 5.74) is 3.59. The van der Waals surface area contributed by atoms with E-state index in [1.165, 1.54) is 10.6 Å². The molecule has 0 saturated carbocycles. The molecule has 0 bridgehead atoms. The Hall–Kier alpha value is -2.15. The number of hydrogen-bond donors (Lipinski definition) is 0. The molecule has 24 heavy (non-hydrogen) atoms. The van der Waals surface area contributed by atoms with E-state index in [2.05, 4.69) is 16.1 Å². The van der Waals surface area contributed by atoms with E-state index in [9.17, 15) is 13.2 Å². The minimum absolute atomic E-state index is 0.00927. The molecular formula is C17H19N3O3S. The second-order valence-electron chi connectivity index (χ2n) is 6.51. The van der Waals surface area contributed by atoms with Crippen LogP contribution in [0.4, 0.5) is 5.69 Å². The highest BCUT2D eigenvalue weighted by Crippen LogP contribution is 2.30. The summed E-state index contributed by atoms with van der Waals surface area (Å²) < 4.78 is 23.3. The van der Waals surface area contributed by atoms with E-state index in [-0.39, 0.29) is 23.5 Å². The number of anilines is 1. The molecule has 0 N–H and O–H groups in total. The number of para-hydroxylation sites is 1. The van der Waals surface area contributed by atoms with Gasteiger partial charge in [0.25, 0.3) is 5.91 Å². The van der Waals surface area contributed by atoms with Gasteiger partial charge >= 0.3 is 0 Å². The molecule has 1 saturated heterocycles. The lowest BCUT2D eigenvalue weighted by Crippen LogP contribution is -2.34. The molecule has 126 valence electrons. The van der Waals surface area contributed by atoms with Crippen LogP contribution in [-0.4, -0.2) is 49.1 Å². The normalized spacial score (nSPS) is 27.0. The standard InChI is InChI=1S/C17H19N3O3S/c1-12-15(10-19-8-6-13-4-2-3-5-16(13)19)17(21)20(18-12)14-7-9-24(22,23)11-14/h2-5,10,14H,6-9,11H2,1H3/b15-10+/t14-/m0/s1. The van der Waals surface area contributed by atoms with Gasteiger partial charge in [0.2, 0.25) is 0 Å². The van der Waals surface area contributed by atoms with E-state index in [0.717, 1.165) is 18.7 Å². The zero-order chi connectivity index (χ0) is 16.9. The molecule has 1 fully saturated rings. The van der Waals surface area contributed by atoms with E-state index in [1.54, 1.807) is 6.92 Å². The van der Waals surface area contributed by atoms with E-state index < -0.39 is 9.84 Å². The molecule has 3 aliphatic rings. The van der Waals surface area contributed by atoms with Crippen LogP contribution in [0.25, 0.3) is 0 Å². The number of rotatable bonds is 2. The Morgan fingerprint density at radius 2 is 2.08 bits per heavy atom. The minimum atomic E-state index is -3.05. The quantitative estimate of drug-likeness (QED) is 0.759. The highest BCUT2D eigenvalue weighted by molar-refractivity contribution is 7.91. The number of hydrazone groups is 1. The minimum Gasteiger partial charge on any atom is -0.347 e. The number of hydrogen-bond acceptors (Lipinski definition) is 5.